The first-order valence-corrected chi connectivity index (χ1v) is 7.53. The van der Waals surface area contributed by atoms with Crippen molar-refractivity contribution in [2.24, 2.45) is 5.73 Å². The summed E-state index contributed by atoms with van der Waals surface area (Å²) in [5.74, 6) is 2.21. The highest BCUT2D eigenvalue weighted by molar-refractivity contribution is 5.80. The zero-order valence-corrected chi connectivity index (χ0v) is 13.7. The van der Waals surface area contributed by atoms with E-state index in [4.69, 9.17) is 15.2 Å². The van der Waals surface area contributed by atoms with Crippen molar-refractivity contribution in [1.29, 1.82) is 0 Å². The molecular weight excluding hydrogens is 290 g/mol. The van der Waals surface area contributed by atoms with Crippen LogP contribution in [0.1, 0.15) is 17.0 Å². The Hall–Kier alpha value is -2.53. The first-order valence-electron chi connectivity index (χ1n) is 7.53. The molecule has 0 atom stereocenters. The third-order valence-electron chi connectivity index (χ3n) is 4.10. The number of rotatable bonds is 5. The van der Waals surface area contributed by atoms with Gasteiger partial charge in [0.15, 0.2) is 11.5 Å². The molecule has 0 amide bonds. The van der Waals surface area contributed by atoms with Gasteiger partial charge >= 0.3 is 0 Å². The fourth-order valence-corrected chi connectivity index (χ4v) is 2.79. The number of nitrogens with zero attached hydrogens (tertiary/aromatic N) is 2. The molecular formula is C18H21N3O2. The average molecular weight is 311 g/mol. The number of benzene rings is 2. The van der Waals surface area contributed by atoms with Gasteiger partial charge in [0.25, 0.3) is 0 Å². The van der Waals surface area contributed by atoms with Crippen LogP contribution in [0.15, 0.2) is 36.4 Å². The number of methoxy groups -OCH3 is 2. The lowest BCUT2D eigenvalue weighted by Gasteiger charge is -2.12. The predicted molar refractivity (Wildman–Crippen MR) is 91.0 cm³/mol. The molecule has 5 nitrogen and oxygen atoms in total. The maximum atomic E-state index is 5.90. The number of imidazole rings is 1. The maximum absolute atomic E-state index is 5.90. The van der Waals surface area contributed by atoms with Gasteiger partial charge in [0.1, 0.15) is 5.82 Å². The Morgan fingerprint density at radius 1 is 1.09 bits per heavy atom. The van der Waals surface area contributed by atoms with Crippen LogP contribution in [0.2, 0.25) is 0 Å². The number of aryl methyl sites for hydroxylation is 1. The van der Waals surface area contributed by atoms with E-state index in [0.29, 0.717) is 18.0 Å². The van der Waals surface area contributed by atoms with E-state index in [1.165, 1.54) is 11.1 Å². The van der Waals surface area contributed by atoms with Crippen LogP contribution in [0.4, 0.5) is 0 Å². The Balaban J connectivity index is 2.16. The van der Waals surface area contributed by atoms with E-state index in [2.05, 4.69) is 28.6 Å². The summed E-state index contributed by atoms with van der Waals surface area (Å²) in [4.78, 5) is 4.64. The van der Waals surface area contributed by atoms with Crippen molar-refractivity contribution in [1.82, 2.24) is 9.55 Å². The molecule has 0 aliphatic carbocycles. The highest BCUT2D eigenvalue weighted by Gasteiger charge is 2.15. The number of aromatic nitrogens is 2. The van der Waals surface area contributed by atoms with E-state index in [9.17, 15) is 0 Å². The number of fused-ring (bicyclic) bond motifs is 1. The molecule has 23 heavy (non-hydrogen) atoms. The lowest BCUT2D eigenvalue weighted by atomic mass is 10.1. The minimum absolute atomic E-state index is 0.380. The third-order valence-corrected chi connectivity index (χ3v) is 4.10. The summed E-state index contributed by atoms with van der Waals surface area (Å²) in [5, 5.41) is 0. The Labute approximate surface area is 135 Å². The summed E-state index contributed by atoms with van der Waals surface area (Å²) in [5.41, 5.74) is 10.2. The monoisotopic (exact) mass is 311 g/mol. The average Bonchev–Trinajstić information content (AvgIpc) is 2.92. The van der Waals surface area contributed by atoms with Crippen molar-refractivity contribution in [2.45, 2.75) is 20.0 Å². The summed E-state index contributed by atoms with van der Waals surface area (Å²) in [7, 11) is 3.26. The van der Waals surface area contributed by atoms with Gasteiger partial charge in [-0.15, -0.1) is 0 Å². The second kappa shape index (κ2) is 6.30. The first kappa shape index (κ1) is 15.4. The standard InChI is InChI=1S/C18H21N3O2/c1-12-6-4-5-7-13(12)11-21-15-9-17(23-3)16(22-2)8-14(15)20-18(21)10-19/h4-9H,10-11,19H2,1-3H3. The SMILES string of the molecule is COc1cc2nc(CN)n(Cc3ccccc3C)c2cc1OC. The molecule has 0 radical (unpaired) electrons. The second-order valence-electron chi connectivity index (χ2n) is 5.44. The van der Waals surface area contributed by atoms with Crippen molar-refractivity contribution >= 4 is 11.0 Å². The lowest BCUT2D eigenvalue weighted by molar-refractivity contribution is 0.355. The molecule has 1 aromatic heterocycles. The van der Waals surface area contributed by atoms with E-state index in [-0.39, 0.29) is 0 Å². The molecule has 2 aromatic carbocycles. The summed E-state index contributed by atoms with van der Waals surface area (Å²) in [6.07, 6.45) is 0. The Kier molecular flexibility index (Phi) is 4.21. The van der Waals surface area contributed by atoms with Crippen molar-refractivity contribution in [2.75, 3.05) is 14.2 Å². The zero-order chi connectivity index (χ0) is 16.4. The van der Waals surface area contributed by atoms with Crippen molar-refractivity contribution in [3.05, 3.63) is 53.3 Å². The normalized spacial score (nSPS) is 11.0. The minimum Gasteiger partial charge on any atom is -0.493 e. The summed E-state index contributed by atoms with van der Waals surface area (Å²) in [6, 6.07) is 12.2. The minimum atomic E-state index is 0.380. The molecule has 0 fully saturated rings. The molecule has 0 bridgehead atoms. The smallest absolute Gasteiger partial charge is 0.163 e. The van der Waals surface area contributed by atoms with Crippen LogP contribution in [0.25, 0.3) is 11.0 Å². The zero-order valence-electron chi connectivity index (χ0n) is 13.7. The van der Waals surface area contributed by atoms with Crippen LogP contribution in [-0.4, -0.2) is 23.8 Å². The van der Waals surface area contributed by atoms with Crippen LogP contribution >= 0.6 is 0 Å². The van der Waals surface area contributed by atoms with Gasteiger partial charge in [0.05, 0.1) is 31.8 Å². The van der Waals surface area contributed by atoms with Crippen LogP contribution in [0, 0.1) is 6.92 Å². The van der Waals surface area contributed by atoms with Crippen LogP contribution < -0.4 is 15.2 Å². The van der Waals surface area contributed by atoms with Gasteiger partial charge < -0.3 is 19.8 Å². The Morgan fingerprint density at radius 3 is 2.43 bits per heavy atom. The number of hydrogen-bond acceptors (Lipinski definition) is 4. The molecule has 0 unspecified atom stereocenters. The molecule has 1 heterocycles. The number of ether oxygens (including phenoxy) is 2. The van der Waals surface area contributed by atoms with Crippen molar-refractivity contribution < 1.29 is 9.47 Å². The quantitative estimate of drug-likeness (QED) is 0.787. The summed E-state index contributed by atoms with van der Waals surface area (Å²) in [6.45, 7) is 3.22. The third kappa shape index (κ3) is 2.75. The second-order valence-corrected chi connectivity index (χ2v) is 5.44. The molecule has 3 rings (SSSR count). The van der Waals surface area contributed by atoms with Gasteiger partial charge in [0.2, 0.25) is 0 Å². The van der Waals surface area contributed by atoms with E-state index in [0.717, 1.165) is 23.4 Å². The van der Waals surface area contributed by atoms with Crippen molar-refractivity contribution in [3.8, 4) is 11.5 Å². The van der Waals surface area contributed by atoms with Gasteiger partial charge in [-0.1, -0.05) is 24.3 Å². The van der Waals surface area contributed by atoms with Gasteiger partial charge in [-0.25, -0.2) is 4.98 Å². The molecule has 0 spiro atoms. The van der Waals surface area contributed by atoms with E-state index in [1.807, 2.05) is 24.3 Å². The van der Waals surface area contributed by atoms with Crippen LogP contribution in [0.3, 0.4) is 0 Å². The molecule has 0 saturated heterocycles. The topological polar surface area (TPSA) is 62.3 Å². The van der Waals surface area contributed by atoms with E-state index >= 15 is 0 Å². The highest BCUT2D eigenvalue weighted by atomic mass is 16.5. The van der Waals surface area contributed by atoms with Gasteiger partial charge in [-0.3, -0.25) is 0 Å². The molecule has 5 heteroatoms. The van der Waals surface area contributed by atoms with Gasteiger partial charge in [0, 0.05) is 18.7 Å². The molecule has 120 valence electrons. The van der Waals surface area contributed by atoms with Crippen LogP contribution in [0.5, 0.6) is 11.5 Å². The molecule has 0 aliphatic rings. The fraction of sp³-hybridized carbons (Fsp3) is 0.278. The molecule has 0 saturated carbocycles. The number of nitrogens with two attached hydrogens (primary N) is 1. The number of hydrogen-bond donors (Lipinski definition) is 1. The Bertz CT molecular complexity index is 840. The highest BCUT2D eigenvalue weighted by Crippen LogP contribution is 2.32. The summed E-state index contributed by atoms with van der Waals surface area (Å²) >= 11 is 0. The fourth-order valence-electron chi connectivity index (χ4n) is 2.79. The van der Waals surface area contributed by atoms with Gasteiger partial charge in [-0.05, 0) is 18.1 Å². The predicted octanol–water partition coefficient (Wildman–Crippen LogP) is 2.87. The van der Waals surface area contributed by atoms with E-state index in [1.54, 1.807) is 14.2 Å². The van der Waals surface area contributed by atoms with Crippen LogP contribution in [-0.2, 0) is 13.1 Å². The molecule has 2 N–H and O–H groups in total. The van der Waals surface area contributed by atoms with Crippen molar-refractivity contribution in [3.63, 3.8) is 0 Å². The lowest BCUT2D eigenvalue weighted by Crippen LogP contribution is -2.10. The van der Waals surface area contributed by atoms with E-state index < -0.39 is 0 Å². The molecule has 0 aliphatic heterocycles. The maximum Gasteiger partial charge on any atom is 0.163 e. The largest absolute Gasteiger partial charge is 0.493 e. The first-order chi connectivity index (χ1) is 11.2. The molecule has 3 aromatic rings. The van der Waals surface area contributed by atoms with Gasteiger partial charge in [-0.2, -0.15) is 0 Å². The Morgan fingerprint density at radius 2 is 1.78 bits per heavy atom. The summed E-state index contributed by atoms with van der Waals surface area (Å²) < 4.78 is 12.9.